The van der Waals surface area contributed by atoms with Crippen molar-refractivity contribution in [3.8, 4) is 0 Å². The van der Waals surface area contributed by atoms with Crippen molar-refractivity contribution >= 4 is 0 Å². The second kappa shape index (κ2) is 6.76. The summed E-state index contributed by atoms with van der Waals surface area (Å²) in [6, 6.07) is 0. The van der Waals surface area contributed by atoms with Crippen molar-refractivity contribution in [2.75, 3.05) is 32.8 Å². The Labute approximate surface area is 124 Å². The van der Waals surface area contributed by atoms with Crippen molar-refractivity contribution in [1.29, 1.82) is 0 Å². The molecule has 2 unspecified atom stereocenters. The number of ether oxygens (including phenoxy) is 1. The fourth-order valence-electron chi connectivity index (χ4n) is 4.62. The fourth-order valence-corrected chi connectivity index (χ4v) is 4.62. The molecule has 0 aromatic rings. The van der Waals surface area contributed by atoms with Gasteiger partial charge in [-0.05, 0) is 51.1 Å². The largest absolute Gasteiger partial charge is 0.378 e. The molecular weight excluding hydrogens is 248 g/mol. The lowest BCUT2D eigenvalue weighted by Crippen LogP contribution is -2.53. The average Bonchev–Trinajstić information content (AvgIpc) is 2.83. The van der Waals surface area contributed by atoms with Crippen LogP contribution in [0.2, 0.25) is 0 Å². The van der Waals surface area contributed by atoms with Crippen molar-refractivity contribution in [3.63, 3.8) is 0 Å². The van der Waals surface area contributed by atoms with Crippen molar-refractivity contribution in [1.82, 2.24) is 10.2 Å². The Morgan fingerprint density at radius 3 is 2.85 bits per heavy atom. The Hall–Kier alpha value is -0.120. The van der Waals surface area contributed by atoms with Gasteiger partial charge in [0.2, 0.25) is 0 Å². The van der Waals surface area contributed by atoms with Crippen molar-refractivity contribution in [3.05, 3.63) is 0 Å². The molecule has 20 heavy (non-hydrogen) atoms. The first-order valence-electron chi connectivity index (χ1n) is 8.90. The summed E-state index contributed by atoms with van der Waals surface area (Å²) in [5.41, 5.74) is 0.440. The Bertz CT molecular complexity index is 301. The quantitative estimate of drug-likeness (QED) is 0.860. The van der Waals surface area contributed by atoms with E-state index in [0.717, 1.165) is 12.5 Å². The molecule has 0 bridgehead atoms. The molecule has 2 aliphatic heterocycles. The van der Waals surface area contributed by atoms with Gasteiger partial charge in [-0.2, -0.15) is 0 Å². The van der Waals surface area contributed by atoms with Crippen LogP contribution >= 0.6 is 0 Å². The highest BCUT2D eigenvalue weighted by Gasteiger charge is 2.36. The van der Waals surface area contributed by atoms with E-state index in [4.69, 9.17) is 4.74 Å². The number of rotatable bonds is 3. The number of hydrogen-bond donors (Lipinski definition) is 1. The van der Waals surface area contributed by atoms with Crippen LogP contribution in [0.1, 0.15) is 58.3 Å². The third kappa shape index (κ3) is 3.37. The van der Waals surface area contributed by atoms with Gasteiger partial charge in [-0.3, -0.25) is 0 Å². The topological polar surface area (TPSA) is 24.5 Å². The van der Waals surface area contributed by atoms with Crippen LogP contribution in [0.15, 0.2) is 0 Å². The number of nitrogens with one attached hydrogen (secondary N) is 1. The molecule has 2 saturated heterocycles. The molecule has 3 fully saturated rings. The lowest BCUT2D eigenvalue weighted by molar-refractivity contribution is 0.0699. The molecule has 0 aromatic heterocycles. The Morgan fingerprint density at radius 1 is 1.20 bits per heavy atom. The molecule has 3 rings (SSSR count). The number of hydrogen-bond acceptors (Lipinski definition) is 3. The van der Waals surface area contributed by atoms with E-state index in [2.05, 4.69) is 17.1 Å². The molecule has 3 heteroatoms. The van der Waals surface area contributed by atoms with E-state index < -0.39 is 0 Å². The van der Waals surface area contributed by atoms with Crippen LogP contribution in [0.25, 0.3) is 0 Å². The maximum atomic E-state index is 5.88. The minimum atomic E-state index is 0.440. The summed E-state index contributed by atoms with van der Waals surface area (Å²) in [5, 5.41) is 3.90. The normalized spacial score (nSPS) is 35.2. The van der Waals surface area contributed by atoms with Gasteiger partial charge in [0, 0.05) is 25.2 Å². The maximum Gasteiger partial charge on any atom is 0.0613 e. The monoisotopic (exact) mass is 280 g/mol. The molecule has 116 valence electrons. The van der Waals surface area contributed by atoms with E-state index in [-0.39, 0.29) is 0 Å². The van der Waals surface area contributed by atoms with E-state index in [0.29, 0.717) is 11.6 Å². The Kier molecular flexibility index (Phi) is 5.00. The third-order valence-electron chi connectivity index (χ3n) is 5.73. The van der Waals surface area contributed by atoms with Gasteiger partial charge in [0.15, 0.2) is 0 Å². The van der Waals surface area contributed by atoms with Gasteiger partial charge in [-0.15, -0.1) is 0 Å². The van der Waals surface area contributed by atoms with Gasteiger partial charge in [-0.25, -0.2) is 0 Å². The third-order valence-corrected chi connectivity index (χ3v) is 5.73. The SMILES string of the molecule is CCC1OCCC1CN1CCCNC2(CCCCC2)C1. The lowest BCUT2D eigenvalue weighted by atomic mass is 9.81. The molecule has 3 nitrogen and oxygen atoms in total. The average molecular weight is 280 g/mol. The summed E-state index contributed by atoms with van der Waals surface area (Å²) in [6.45, 7) is 8.30. The molecular formula is C17H32N2O. The molecule has 0 radical (unpaired) electrons. The van der Waals surface area contributed by atoms with Gasteiger partial charge >= 0.3 is 0 Å². The van der Waals surface area contributed by atoms with E-state index in [1.165, 1.54) is 77.5 Å². The zero-order valence-electron chi connectivity index (χ0n) is 13.2. The molecule has 2 heterocycles. The Balaban J connectivity index is 1.60. The first-order valence-corrected chi connectivity index (χ1v) is 8.90. The smallest absolute Gasteiger partial charge is 0.0613 e. The maximum absolute atomic E-state index is 5.88. The first kappa shape index (κ1) is 14.8. The molecule has 1 aliphatic carbocycles. The van der Waals surface area contributed by atoms with Crippen LogP contribution in [0.5, 0.6) is 0 Å². The van der Waals surface area contributed by atoms with E-state index >= 15 is 0 Å². The zero-order chi connectivity index (χ0) is 13.8. The van der Waals surface area contributed by atoms with Crippen LogP contribution in [0.4, 0.5) is 0 Å². The predicted octanol–water partition coefficient (Wildman–Crippen LogP) is 2.80. The highest BCUT2D eigenvalue weighted by molar-refractivity contribution is 4.96. The minimum Gasteiger partial charge on any atom is -0.378 e. The second-order valence-electron chi connectivity index (χ2n) is 7.22. The van der Waals surface area contributed by atoms with Crippen LogP contribution in [-0.4, -0.2) is 49.3 Å². The molecule has 1 N–H and O–H groups in total. The molecule has 1 spiro atoms. The summed E-state index contributed by atoms with van der Waals surface area (Å²) in [4.78, 5) is 2.76. The van der Waals surface area contributed by atoms with Crippen LogP contribution < -0.4 is 5.32 Å². The molecule has 0 aromatic carbocycles. The van der Waals surface area contributed by atoms with Crippen molar-refractivity contribution in [2.45, 2.75) is 69.9 Å². The summed E-state index contributed by atoms with van der Waals surface area (Å²) in [5.74, 6) is 0.777. The van der Waals surface area contributed by atoms with Gasteiger partial charge in [0.25, 0.3) is 0 Å². The molecule has 1 saturated carbocycles. The first-order chi connectivity index (χ1) is 9.81. The van der Waals surface area contributed by atoms with Gasteiger partial charge < -0.3 is 15.0 Å². The summed E-state index contributed by atoms with van der Waals surface area (Å²) in [6.07, 6.45) is 11.4. The standard InChI is InChI=1S/C17H32N2O/c1-2-16-15(7-12-20-16)13-19-11-6-10-18-17(14-19)8-4-3-5-9-17/h15-16,18H,2-14H2,1H3. The Morgan fingerprint density at radius 2 is 2.05 bits per heavy atom. The van der Waals surface area contributed by atoms with E-state index in [1.54, 1.807) is 0 Å². The molecule has 0 amide bonds. The van der Waals surface area contributed by atoms with Crippen LogP contribution in [0.3, 0.4) is 0 Å². The lowest BCUT2D eigenvalue weighted by Gasteiger charge is -2.40. The van der Waals surface area contributed by atoms with Crippen LogP contribution in [-0.2, 0) is 4.74 Å². The second-order valence-corrected chi connectivity index (χ2v) is 7.22. The summed E-state index contributed by atoms with van der Waals surface area (Å²) < 4.78 is 5.88. The van der Waals surface area contributed by atoms with Gasteiger partial charge in [-0.1, -0.05) is 26.2 Å². The van der Waals surface area contributed by atoms with Crippen LogP contribution in [0, 0.1) is 5.92 Å². The van der Waals surface area contributed by atoms with Gasteiger partial charge in [0.1, 0.15) is 0 Å². The number of nitrogens with zero attached hydrogens (tertiary/aromatic N) is 1. The highest BCUT2D eigenvalue weighted by Crippen LogP contribution is 2.32. The molecule has 3 aliphatic rings. The predicted molar refractivity (Wildman–Crippen MR) is 83.0 cm³/mol. The van der Waals surface area contributed by atoms with Crippen molar-refractivity contribution < 1.29 is 4.74 Å². The highest BCUT2D eigenvalue weighted by atomic mass is 16.5. The van der Waals surface area contributed by atoms with Crippen molar-refractivity contribution in [2.24, 2.45) is 5.92 Å². The van der Waals surface area contributed by atoms with E-state index in [9.17, 15) is 0 Å². The fraction of sp³-hybridized carbons (Fsp3) is 1.00. The van der Waals surface area contributed by atoms with Gasteiger partial charge in [0.05, 0.1) is 6.10 Å². The summed E-state index contributed by atoms with van der Waals surface area (Å²) in [7, 11) is 0. The summed E-state index contributed by atoms with van der Waals surface area (Å²) >= 11 is 0. The van der Waals surface area contributed by atoms with E-state index in [1.807, 2.05) is 0 Å². The zero-order valence-corrected chi connectivity index (χ0v) is 13.2. The molecule has 2 atom stereocenters. The minimum absolute atomic E-state index is 0.440.